The molecule has 0 aromatic rings. The standard InChI is InChI=1S/C5H4F4S/c6-4-3(1-2-10-4)5(7,8)9/h1-2H2. The van der Waals surface area contributed by atoms with Crippen LogP contribution in [0.2, 0.25) is 0 Å². The maximum Gasteiger partial charge on any atom is 0.416 e. The van der Waals surface area contributed by atoms with E-state index in [1.54, 1.807) is 0 Å². The van der Waals surface area contributed by atoms with Crippen LogP contribution in [0.25, 0.3) is 0 Å². The monoisotopic (exact) mass is 172 g/mol. The summed E-state index contributed by atoms with van der Waals surface area (Å²) in [6, 6.07) is 0. The first-order chi connectivity index (χ1) is 4.52. The van der Waals surface area contributed by atoms with Gasteiger partial charge in [0.15, 0.2) is 5.16 Å². The van der Waals surface area contributed by atoms with E-state index in [1.165, 1.54) is 0 Å². The minimum absolute atomic E-state index is 0.194. The van der Waals surface area contributed by atoms with Crippen LogP contribution in [0.5, 0.6) is 0 Å². The number of alkyl halides is 3. The van der Waals surface area contributed by atoms with Crippen LogP contribution in [-0.4, -0.2) is 11.9 Å². The molecule has 0 nitrogen and oxygen atoms in total. The second-order valence-corrected chi connectivity index (χ2v) is 2.90. The van der Waals surface area contributed by atoms with Crippen LogP contribution < -0.4 is 0 Å². The summed E-state index contributed by atoms with van der Waals surface area (Å²) in [6.07, 6.45) is -4.66. The van der Waals surface area contributed by atoms with E-state index in [4.69, 9.17) is 0 Å². The number of halogens is 4. The van der Waals surface area contributed by atoms with Gasteiger partial charge in [-0.1, -0.05) is 11.8 Å². The van der Waals surface area contributed by atoms with Crippen molar-refractivity contribution in [1.29, 1.82) is 0 Å². The van der Waals surface area contributed by atoms with Gasteiger partial charge in [0.25, 0.3) is 0 Å². The lowest BCUT2D eigenvalue weighted by molar-refractivity contribution is -0.0943. The molecule has 0 atom stereocenters. The highest BCUT2D eigenvalue weighted by Crippen LogP contribution is 2.41. The molecule has 0 bridgehead atoms. The summed E-state index contributed by atoms with van der Waals surface area (Å²) in [7, 11) is 0. The zero-order chi connectivity index (χ0) is 7.78. The van der Waals surface area contributed by atoms with Crippen LogP contribution in [0, 0.1) is 0 Å². The Labute approximate surface area is 59.3 Å². The third kappa shape index (κ3) is 1.45. The van der Waals surface area contributed by atoms with Gasteiger partial charge in [-0.15, -0.1) is 0 Å². The highest BCUT2D eigenvalue weighted by Gasteiger charge is 2.39. The first kappa shape index (κ1) is 7.91. The summed E-state index contributed by atoms with van der Waals surface area (Å²) in [5.74, 6) is 0.209. The summed E-state index contributed by atoms with van der Waals surface area (Å²) in [5.41, 5.74) is -1.00. The number of hydrogen-bond acceptors (Lipinski definition) is 1. The van der Waals surface area contributed by atoms with Gasteiger partial charge in [0.1, 0.15) is 0 Å². The van der Waals surface area contributed by atoms with Crippen molar-refractivity contribution in [2.45, 2.75) is 12.6 Å². The van der Waals surface area contributed by atoms with Gasteiger partial charge in [-0.05, 0) is 6.42 Å². The zero-order valence-corrected chi connectivity index (χ0v) is 5.65. The molecule has 10 heavy (non-hydrogen) atoms. The first-order valence-corrected chi connectivity index (χ1v) is 3.59. The van der Waals surface area contributed by atoms with Crippen LogP contribution in [-0.2, 0) is 0 Å². The molecule has 0 saturated heterocycles. The molecule has 0 spiro atoms. The molecular formula is C5H4F4S. The second-order valence-electron chi connectivity index (χ2n) is 1.85. The molecule has 0 aromatic carbocycles. The summed E-state index contributed by atoms with van der Waals surface area (Å²) >= 11 is 0.625. The van der Waals surface area contributed by atoms with Gasteiger partial charge >= 0.3 is 6.18 Å². The summed E-state index contributed by atoms with van der Waals surface area (Å²) in [6.45, 7) is 0. The third-order valence-corrected chi connectivity index (χ3v) is 2.07. The Hall–Kier alpha value is -0.190. The van der Waals surface area contributed by atoms with Crippen LogP contribution in [0.4, 0.5) is 17.6 Å². The van der Waals surface area contributed by atoms with Gasteiger partial charge in [0, 0.05) is 5.75 Å². The molecule has 5 heteroatoms. The average Bonchev–Trinajstić information content (AvgIpc) is 2.11. The molecule has 0 radical (unpaired) electrons. The van der Waals surface area contributed by atoms with Crippen molar-refractivity contribution in [3.8, 4) is 0 Å². The fraction of sp³-hybridized carbons (Fsp3) is 0.600. The predicted molar refractivity (Wildman–Crippen MR) is 31.3 cm³/mol. The van der Waals surface area contributed by atoms with Crippen LogP contribution in [0.3, 0.4) is 0 Å². The van der Waals surface area contributed by atoms with E-state index in [2.05, 4.69) is 0 Å². The minimum atomic E-state index is -4.46. The van der Waals surface area contributed by atoms with Gasteiger partial charge in [-0.3, -0.25) is 0 Å². The lowest BCUT2D eigenvalue weighted by atomic mass is 10.2. The molecular weight excluding hydrogens is 168 g/mol. The van der Waals surface area contributed by atoms with E-state index in [1.807, 2.05) is 0 Å². The Bertz CT molecular complexity index is 169. The molecule has 1 aliphatic rings. The predicted octanol–water partition coefficient (Wildman–Crippen LogP) is 2.87. The van der Waals surface area contributed by atoms with Crippen molar-refractivity contribution in [1.82, 2.24) is 0 Å². The molecule has 0 aromatic heterocycles. The van der Waals surface area contributed by atoms with Crippen molar-refractivity contribution in [2.24, 2.45) is 0 Å². The minimum Gasteiger partial charge on any atom is -0.199 e. The van der Waals surface area contributed by atoms with Gasteiger partial charge in [0.2, 0.25) is 0 Å². The smallest absolute Gasteiger partial charge is 0.199 e. The van der Waals surface area contributed by atoms with Crippen molar-refractivity contribution in [3.05, 3.63) is 10.7 Å². The number of rotatable bonds is 0. The molecule has 0 amide bonds. The van der Waals surface area contributed by atoms with Crippen molar-refractivity contribution >= 4 is 11.8 Å². The molecule has 0 saturated carbocycles. The fourth-order valence-electron chi connectivity index (χ4n) is 0.681. The van der Waals surface area contributed by atoms with Crippen molar-refractivity contribution in [3.63, 3.8) is 0 Å². The topological polar surface area (TPSA) is 0 Å². The Balaban J connectivity index is 2.81. The number of hydrogen-bond donors (Lipinski definition) is 0. The van der Waals surface area contributed by atoms with Crippen molar-refractivity contribution in [2.75, 3.05) is 5.75 Å². The van der Waals surface area contributed by atoms with E-state index in [9.17, 15) is 17.6 Å². The zero-order valence-electron chi connectivity index (χ0n) is 4.83. The molecule has 0 N–H and O–H groups in total. The molecule has 1 aliphatic heterocycles. The summed E-state index contributed by atoms with van der Waals surface area (Å²) in [5, 5.41) is -1.06. The average molecular weight is 172 g/mol. The highest BCUT2D eigenvalue weighted by molar-refractivity contribution is 8.03. The molecule has 0 fully saturated rings. The van der Waals surface area contributed by atoms with E-state index >= 15 is 0 Å². The van der Waals surface area contributed by atoms with Crippen LogP contribution >= 0.6 is 11.8 Å². The van der Waals surface area contributed by atoms with Crippen molar-refractivity contribution < 1.29 is 17.6 Å². The Morgan fingerprint density at radius 3 is 2.10 bits per heavy atom. The highest BCUT2D eigenvalue weighted by atomic mass is 32.2. The lowest BCUT2D eigenvalue weighted by Gasteiger charge is -2.04. The normalized spacial score (nSPS) is 20.4. The molecule has 1 rings (SSSR count). The largest absolute Gasteiger partial charge is 0.416 e. The number of allylic oxidation sites excluding steroid dienone is 1. The summed E-state index contributed by atoms with van der Waals surface area (Å²) in [4.78, 5) is 0. The van der Waals surface area contributed by atoms with E-state index in [0.29, 0.717) is 11.8 Å². The third-order valence-electron chi connectivity index (χ3n) is 1.16. The van der Waals surface area contributed by atoms with E-state index in [0.717, 1.165) is 0 Å². The second kappa shape index (κ2) is 2.45. The molecule has 1 heterocycles. The van der Waals surface area contributed by atoms with Gasteiger partial charge < -0.3 is 0 Å². The van der Waals surface area contributed by atoms with Crippen LogP contribution in [0.15, 0.2) is 10.7 Å². The number of thioether (sulfide) groups is 1. The quantitative estimate of drug-likeness (QED) is 0.506. The summed E-state index contributed by atoms with van der Waals surface area (Å²) < 4.78 is 47.3. The molecule has 0 unspecified atom stereocenters. The lowest BCUT2D eigenvalue weighted by Crippen LogP contribution is -2.10. The molecule has 0 aliphatic carbocycles. The maximum absolute atomic E-state index is 12.2. The van der Waals surface area contributed by atoms with Crippen LogP contribution in [0.1, 0.15) is 6.42 Å². The van der Waals surface area contributed by atoms with Gasteiger partial charge in [-0.2, -0.15) is 17.6 Å². The fourth-order valence-corrected chi connectivity index (χ4v) is 1.56. The molecule has 58 valence electrons. The van der Waals surface area contributed by atoms with E-state index in [-0.39, 0.29) is 12.2 Å². The maximum atomic E-state index is 12.2. The van der Waals surface area contributed by atoms with E-state index < -0.39 is 16.9 Å². The van der Waals surface area contributed by atoms with Gasteiger partial charge in [-0.25, -0.2) is 0 Å². The SMILES string of the molecule is FC1=C(C(F)(F)F)CCS1. The Kier molecular flexibility index (Phi) is 1.94. The Morgan fingerprint density at radius 2 is 1.90 bits per heavy atom. The Morgan fingerprint density at radius 1 is 1.30 bits per heavy atom. The first-order valence-electron chi connectivity index (χ1n) is 2.60. The van der Waals surface area contributed by atoms with Gasteiger partial charge in [0.05, 0.1) is 5.57 Å².